The molecule has 0 aliphatic carbocycles. The van der Waals surface area contributed by atoms with E-state index in [1.54, 1.807) is 19.3 Å². The fraction of sp³-hybridized carbons (Fsp3) is 0.111. The molecule has 0 aliphatic heterocycles. The molecule has 2 N–H and O–H groups in total. The highest BCUT2D eigenvalue weighted by Crippen LogP contribution is 2.21. The van der Waals surface area contributed by atoms with E-state index in [1.807, 2.05) is 12.1 Å². The topological polar surface area (TPSA) is 69.4 Å². The molecule has 0 saturated carbocycles. The molecule has 4 nitrogen and oxygen atoms in total. The summed E-state index contributed by atoms with van der Waals surface area (Å²) in [5.41, 5.74) is 7.20. The van der Waals surface area contributed by atoms with Gasteiger partial charge in [-0.3, -0.25) is 0 Å². The van der Waals surface area contributed by atoms with Gasteiger partial charge in [-0.2, -0.15) is 0 Å². The largest absolute Gasteiger partial charge is 0.496 e. The first-order valence-corrected chi connectivity index (χ1v) is 4.56. The van der Waals surface area contributed by atoms with Crippen LogP contribution in [0.2, 0.25) is 0 Å². The van der Waals surface area contributed by atoms with Crippen LogP contribution in [0.1, 0.15) is 5.56 Å². The summed E-state index contributed by atoms with van der Waals surface area (Å²) in [6.07, 6.45) is 1.72. The smallest absolute Gasteiger partial charge is 0.129 e. The molecule has 5 heteroatoms. The van der Waals surface area contributed by atoms with Crippen molar-refractivity contribution in [1.82, 2.24) is 0 Å². The van der Waals surface area contributed by atoms with E-state index in [9.17, 15) is 0 Å². The second-order valence-electron chi connectivity index (χ2n) is 2.29. The second-order valence-corrected chi connectivity index (χ2v) is 2.46. The molecule has 0 amide bonds. The van der Waals surface area contributed by atoms with Gasteiger partial charge < -0.3 is 10.5 Å². The first kappa shape index (κ1) is 12.5. The lowest BCUT2D eigenvalue weighted by Crippen LogP contribution is -1.89. The van der Waals surface area contributed by atoms with Gasteiger partial charge in [-0.05, 0) is 18.2 Å². The molecule has 0 saturated heterocycles. The van der Waals surface area contributed by atoms with Gasteiger partial charge in [0.1, 0.15) is 17.3 Å². The summed E-state index contributed by atoms with van der Waals surface area (Å²) in [4.78, 5) is 0. The highest BCUT2D eigenvalue weighted by atomic mass is 32.1. The number of rotatable bonds is 2. The van der Waals surface area contributed by atoms with Gasteiger partial charge in [0, 0.05) is 11.3 Å². The molecule has 1 aromatic carbocycles. The zero-order chi connectivity index (χ0) is 11.0. The number of ether oxygens (including phenoxy) is 1. The molecule has 78 valence electrons. The van der Waals surface area contributed by atoms with Crippen LogP contribution in [0.25, 0.3) is 6.08 Å². The SMILES string of the molecule is C=Cc1cc(N)ccc1OC.O=[SH2]=O. The van der Waals surface area contributed by atoms with Crippen LogP contribution in [0.3, 0.4) is 0 Å². The van der Waals surface area contributed by atoms with Gasteiger partial charge in [0.05, 0.1) is 7.11 Å². The number of methoxy groups -OCH3 is 1. The van der Waals surface area contributed by atoms with Gasteiger partial charge in [0.2, 0.25) is 0 Å². The van der Waals surface area contributed by atoms with Crippen molar-refractivity contribution in [3.8, 4) is 5.75 Å². The first-order chi connectivity index (χ1) is 6.69. The molecule has 0 unspecified atom stereocenters. The third kappa shape index (κ3) is 3.95. The minimum absolute atomic E-state index is 0.723. The summed E-state index contributed by atoms with van der Waals surface area (Å²) in [6, 6.07) is 5.45. The molecule has 14 heavy (non-hydrogen) atoms. The Hall–Kier alpha value is -1.49. The molecule has 0 bridgehead atoms. The van der Waals surface area contributed by atoms with Crippen molar-refractivity contribution in [2.24, 2.45) is 0 Å². The summed E-state index contributed by atoms with van der Waals surface area (Å²) in [5, 5.41) is 0. The Morgan fingerprint density at radius 3 is 2.50 bits per heavy atom. The third-order valence-corrected chi connectivity index (χ3v) is 1.47. The van der Waals surface area contributed by atoms with Gasteiger partial charge in [-0.15, -0.1) is 0 Å². The second kappa shape index (κ2) is 6.97. The normalized spacial score (nSPS) is 8.36. The summed E-state index contributed by atoms with van der Waals surface area (Å²) in [6.45, 7) is 3.65. The summed E-state index contributed by atoms with van der Waals surface area (Å²) in [5.74, 6) is 0.800. The predicted molar refractivity (Wildman–Crippen MR) is 59.2 cm³/mol. The monoisotopic (exact) mass is 215 g/mol. The lowest BCUT2D eigenvalue weighted by atomic mass is 10.2. The number of hydrogen-bond acceptors (Lipinski definition) is 4. The fourth-order valence-corrected chi connectivity index (χ4v) is 0.912. The summed E-state index contributed by atoms with van der Waals surface area (Å²) >= 11 is -1.42. The Bertz CT molecular complexity index is 346. The molecule has 0 atom stereocenters. The number of nitrogen functional groups attached to an aromatic ring is 1. The molecule has 0 aromatic heterocycles. The Labute approximate surface area is 86.0 Å². The lowest BCUT2D eigenvalue weighted by molar-refractivity contribution is 0.414. The lowest BCUT2D eigenvalue weighted by Gasteiger charge is -2.04. The number of hydrogen-bond donors (Lipinski definition) is 1. The van der Waals surface area contributed by atoms with E-state index < -0.39 is 11.6 Å². The first-order valence-electron chi connectivity index (χ1n) is 3.74. The van der Waals surface area contributed by atoms with E-state index in [4.69, 9.17) is 18.9 Å². The van der Waals surface area contributed by atoms with Crippen molar-refractivity contribution in [3.63, 3.8) is 0 Å². The van der Waals surface area contributed by atoms with Gasteiger partial charge in [0.15, 0.2) is 0 Å². The van der Waals surface area contributed by atoms with E-state index in [-0.39, 0.29) is 0 Å². The Morgan fingerprint density at radius 1 is 1.50 bits per heavy atom. The van der Waals surface area contributed by atoms with Crippen LogP contribution in [0.4, 0.5) is 5.69 Å². The van der Waals surface area contributed by atoms with Gasteiger partial charge in [-0.25, -0.2) is 8.42 Å². The fourth-order valence-electron chi connectivity index (χ4n) is 0.912. The molecule has 0 spiro atoms. The average Bonchev–Trinajstić information content (AvgIpc) is 2.19. The highest BCUT2D eigenvalue weighted by molar-refractivity contribution is 7.51. The van der Waals surface area contributed by atoms with Crippen LogP contribution in [0, 0.1) is 0 Å². The standard InChI is InChI=1S/C9H11NO.H2O2S/c1-3-7-6-8(10)4-5-9(7)11-2;1-3-2/h3-6H,1,10H2,2H3;3H2. The maximum atomic E-state index is 8.40. The molecule has 0 heterocycles. The van der Waals surface area contributed by atoms with Crippen LogP contribution in [0.15, 0.2) is 24.8 Å². The van der Waals surface area contributed by atoms with Crippen molar-refractivity contribution in [3.05, 3.63) is 30.3 Å². The average molecular weight is 215 g/mol. The molecule has 1 rings (SSSR count). The Kier molecular flexibility index (Phi) is 6.22. The maximum absolute atomic E-state index is 8.40. The maximum Gasteiger partial charge on any atom is 0.129 e. The Balaban J connectivity index is 0.000000500. The summed E-state index contributed by atoms with van der Waals surface area (Å²) < 4.78 is 21.9. The van der Waals surface area contributed by atoms with Crippen molar-refractivity contribution in [2.45, 2.75) is 0 Å². The molecule has 0 fully saturated rings. The number of nitrogens with two attached hydrogens (primary N) is 1. The van der Waals surface area contributed by atoms with E-state index in [1.165, 1.54) is 0 Å². The minimum Gasteiger partial charge on any atom is -0.496 e. The predicted octanol–water partition coefficient (Wildman–Crippen LogP) is 0.715. The van der Waals surface area contributed by atoms with Gasteiger partial charge >= 0.3 is 0 Å². The molecule has 0 radical (unpaired) electrons. The molecular weight excluding hydrogens is 202 g/mol. The van der Waals surface area contributed by atoms with Crippen molar-refractivity contribution in [2.75, 3.05) is 12.8 Å². The molecule has 1 aromatic rings. The van der Waals surface area contributed by atoms with Crippen molar-refractivity contribution < 1.29 is 13.2 Å². The number of benzene rings is 1. The quantitative estimate of drug-likeness (QED) is 0.738. The van der Waals surface area contributed by atoms with Gasteiger partial charge in [-0.1, -0.05) is 12.7 Å². The van der Waals surface area contributed by atoms with E-state index in [0.29, 0.717) is 0 Å². The highest BCUT2D eigenvalue weighted by Gasteiger charge is 1.97. The number of anilines is 1. The van der Waals surface area contributed by atoms with Crippen LogP contribution in [-0.4, -0.2) is 15.5 Å². The Morgan fingerprint density at radius 2 is 2.07 bits per heavy atom. The van der Waals surface area contributed by atoms with Crippen LogP contribution in [-0.2, 0) is 11.6 Å². The summed E-state index contributed by atoms with van der Waals surface area (Å²) in [7, 11) is 1.62. The van der Waals surface area contributed by atoms with E-state index in [2.05, 4.69) is 6.58 Å². The molecule has 0 aliphatic rings. The zero-order valence-electron chi connectivity index (χ0n) is 7.82. The van der Waals surface area contributed by atoms with Crippen molar-refractivity contribution in [1.29, 1.82) is 0 Å². The van der Waals surface area contributed by atoms with E-state index in [0.717, 1.165) is 17.0 Å². The van der Waals surface area contributed by atoms with Gasteiger partial charge in [0.25, 0.3) is 0 Å². The molecular formula is C9H13NO3S. The zero-order valence-corrected chi connectivity index (χ0v) is 8.82. The van der Waals surface area contributed by atoms with Crippen molar-refractivity contribution >= 4 is 23.3 Å². The van der Waals surface area contributed by atoms with Crippen LogP contribution >= 0.6 is 0 Å². The van der Waals surface area contributed by atoms with E-state index >= 15 is 0 Å². The van der Waals surface area contributed by atoms with Crippen LogP contribution < -0.4 is 10.5 Å². The minimum atomic E-state index is -1.42. The third-order valence-electron chi connectivity index (χ3n) is 1.47. The van der Waals surface area contributed by atoms with Crippen LogP contribution in [0.5, 0.6) is 5.75 Å².